The van der Waals surface area contributed by atoms with E-state index in [-0.39, 0.29) is 30.7 Å². The molecule has 3 aromatic carbocycles. The van der Waals surface area contributed by atoms with Crippen molar-refractivity contribution in [2.45, 2.75) is 61.2 Å². The maximum absolute atomic E-state index is 12.0. The second-order valence-electron chi connectivity index (χ2n) is 9.57. The van der Waals surface area contributed by atoms with E-state index in [9.17, 15) is 4.79 Å². The maximum Gasteiger partial charge on any atom is 0.265 e. The van der Waals surface area contributed by atoms with Gasteiger partial charge in [0.2, 0.25) is 12.2 Å². The number of ether oxygens (including phenoxy) is 5. The van der Waals surface area contributed by atoms with Gasteiger partial charge in [-0.1, -0.05) is 138 Å². The summed E-state index contributed by atoms with van der Waals surface area (Å²) in [5, 5.41) is 8.17. The highest BCUT2D eigenvalue weighted by Gasteiger charge is 2.50. The monoisotopic (exact) mass is 651 g/mol. The summed E-state index contributed by atoms with van der Waals surface area (Å²) >= 11 is 19.0. The van der Waals surface area contributed by atoms with E-state index >= 15 is 0 Å². The molecular weight excluding hydrogens is 621 g/mol. The van der Waals surface area contributed by atoms with E-state index in [2.05, 4.69) is 0 Å². The number of rotatable bonds is 12. The van der Waals surface area contributed by atoms with Gasteiger partial charge in [0.25, 0.3) is 3.79 Å². The van der Waals surface area contributed by atoms with Crippen LogP contribution in [0.2, 0.25) is 0 Å². The summed E-state index contributed by atoms with van der Waals surface area (Å²) in [6.45, 7) is 2.18. The number of nitrogens with one attached hydrogen (secondary N) is 1. The molecule has 1 aliphatic heterocycles. The molecule has 0 spiro atoms. The van der Waals surface area contributed by atoms with Gasteiger partial charge in [0.1, 0.15) is 24.4 Å². The summed E-state index contributed by atoms with van der Waals surface area (Å²) in [7, 11) is 0. The van der Waals surface area contributed by atoms with Gasteiger partial charge < -0.3 is 23.7 Å². The molecule has 7 nitrogen and oxygen atoms in total. The number of benzene rings is 3. The lowest BCUT2D eigenvalue weighted by Gasteiger charge is -2.46. The van der Waals surface area contributed by atoms with E-state index < -0.39 is 40.4 Å². The zero-order valence-corrected chi connectivity index (χ0v) is 26.0. The fraction of sp³-hybridized carbons (Fsp3) is 0.355. The van der Waals surface area contributed by atoms with Crippen LogP contribution in [0.3, 0.4) is 0 Å². The lowest BCUT2D eigenvalue weighted by Crippen LogP contribution is -2.62. The topological polar surface area (TPSA) is 87.1 Å². The SMILES string of the molecule is CC(=O)SC[C@H]1O[C@@H](OC(=N)C(Cl)(Cl)Cl)[C@H](OCc2ccccc2)[C@@H](OCc2ccccc2)[C@@H]1OCc1ccccc1. The van der Waals surface area contributed by atoms with E-state index in [1.807, 2.05) is 91.0 Å². The highest BCUT2D eigenvalue weighted by atomic mass is 35.6. The standard InChI is InChI=1S/C31H32Cl3NO6S/c1-21(36)42-20-25-26(37-17-22-11-5-2-6-12-22)27(38-18-23-13-7-3-8-14-23)28(39-19-24-15-9-4-10-16-24)29(40-25)41-30(35)31(32,33)34/h2-16,25-29,35H,17-20H2,1H3/t25-,26-,27+,28-,29+/m1/s1. The summed E-state index contributed by atoms with van der Waals surface area (Å²) < 4.78 is 29.4. The Labute approximate surface area is 265 Å². The highest BCUT2D eigenvalue weighted by Crippen LogP contribution is 2.35. The van der Waals surface area contributed by atoms with Crippen molar-refractivity contribution in [2.24, 2.45) is 0 Å². The number of carbonyl (C=O) groups is 1. The van der Waals surface area contributed by atoms with Crippen molar-refractivity contribution in [2.75, 3.05) is 5.75 Å². The van der Waals surface area contributed by atoms with Crippen LogP contribution < -0.4 is 0 Å². The zero-order valence-electron chi connectivity index (χ0n) is 22.9. The molecule has 4 rings (SSSR count). The number of alkyl halides is 3. The van der Waals surface area contributed by atoms with E-state index in [0.29, 0.717) is 0 Å². The molecule has 0 amide bonds. The van der Waals surface area contributed by atoms with Crippen LogP contribution in [0, 0.1) is 5.41 Å². The first-order chi connectivity index (χ1) is 20.2. The molecule has 1 heterocycles. The minimum atomic E-state index is -2.13. The number of thioether (sulfide) groups is 1. The first-order valence-electron chi connectivity index (χ1n) is 13.3. The van der Waals surface area contributed by atoms with E-state index in [1.54, 1.807) is 0 Å². The second-order valence-corrected chi connectivity index (χ2v) is 13.1. The summed E-state index contributed by atoms with van der Waals surface area (Å²) in [4.78, 5) is 12.0. The quantitative estimate of drug-likeness (QED) is 0.127. The van der Waals surface area contributed by atoms with Crippen LogP contribution in [0.25, 0.3) is 0 Å². The van der Waals surface area contributed by atoms with Crippen LogP contribution in [0.5, 0.6) is 0 Å². The van der Waals surface area contributed by atoms with Crippen LogP contribution in [0.1, 0.15) is 23.6 Å². The van der Waals surface area contributed by atoms with Gasteiger partial charge >= 0.3 is 0 Å². The number of halogens is 3. The third-order valence-corrected chi connectivity index (χ3v) is 7.81. The maximum atomic E-state index is 12.0. The average Bonchev–Trinajstić information content (AvgIpc) is 2.98. The molecule has 3 aromatic rings. The molecule has 0 aliphatic carbocycles. The lowest BCUT2D eigenvalue weighted by atomic mass is 9.98. The van der Waals surface area contributed by atoms with Crippen LogP contribution in [0.15, 0.2) is 91.0 Å². The Balaban J connectivity index is 1.68. The number of hydrogen-bond acceptors (Lipinski definition) is 8. The lowest BCUT2D eigenvalue weighted by molar-refractivity contribution is -0.303. The average molecular weight is 653 g/mol. The van der Waals surface area contributed by atoms with Crippen molar-refractivity contribution in [3.05, 3.63) is 108 Å². The van der Waals surface area contributed by atoms with Crippen molar-refractivity contribution >= 4 is 57.6 Å². The second kappa shape index (κ2) is 16.1. The minimum absolute atomic E-state index is 0.0869. The predicted octanol–water partition coefficient (Wildman–Crippen LogP) is 7.11. The molecule has 1 N–H and O–H groups in total. The molecule has 0 saturated carbocycles. The molecule has 0 unspecified atom stereocenters. The van der Waals surface area contributed by atoms with Crippen molar-refractivity contribution in [1.82, 2.24) is 0 Å². The van der Waals surface area contributed by atoms with Gasteiger partial charge in [0.05, 0.1) is 19.8 Å². The fourth-order valence-electron chi connectivity index (χ4n) is 4.36. The van der Waals surface area contributed by atoms with Crippen molar-refractivity contribution in [1.29, 1.82) is 5.41 Å². The predicted molar refractivity (Wildman–Crippen MR) is 166 cm³/mol. The molecule has 5 atom stereocenters. The van der Waals surface area contributed by atoms with E-state index in [0.717, 1.165) is 28.5 Å². The Kier molecular flexibility index (Phi) is 12.5. The summed E-state index contributed by atoms with van der Waals surface area (Å²) in [6, 6.07) is 29.0. The van der Waals surface area contributed by atoms with Gasteiger partial charge in [0, 0.05) is 12.7 Å². The van der Waals surface area contributed by atoms with E-state index in [4.69, 9.17) is 63.9 Å². The first kappa shape index (κ1) is 32.8. The Bertz CT molecular complexity index is 1270. The van der Waals surface area contributed by atoms with Gasteiger partial charge in [-0.05, 0) is 16.7 Å². The Morgan fingerprint density at radius 1 is 0.762 bits per heavy atom. The Hall–Kier alpha value is -2.14. The molecule has 0 aromatic heterocycles. The third kappa shape index (κ3) is 9.96. The van der Waals surface area contributed by atoms with Crippen molar-refractivity contribution in [3.8, 4) is 0 Å². The molecule has 11 heteroatoms. The van der Waals surface area contributed by atoms with Gasteiger partial charge in [0.15, 0.2) is 5.12 Å². The highest BCUT2D eigenvalue weighted by molar-refractivity contribution is 8.13. The van der Waals surface area contributed by atoms with Crippen LogP contribution >= 0.6 is 46.6 Å². The smallest absolute Gasteiger partial charge is 0.265 e. The first-order valence-corrected chi connectivity index (χ1v) is 15.4. The molecule has 42 heavy (non-hydrogen) atoms. The zero-order chi connectivity index (χ0) is 30.0. The molecule has 1 saturated heterocycles. The van der Waals surface area contributed by atoms with Crippen LogP contribution in [-0.4, -0.2) is 51.3 Å². The fourth-order valence-corrected chi connectivity index (χ4v) is 5.16. The molecular formula is C31H32Cl3NO6S. The Morgan fingerprint density at radius 2 is 1.19 bits per heavy atom. The molecule has 1 aliphatic rings. The van der Waals surface area contributed by atoms with E-state index in [1.165, 1.54) is 6.92 Å². The molecule has 0 bridgehead atoms. The number of hydrogen-bond donors (Lipinski definition) is 1. The molecule has 224 valence electrons. The molecule has 0 radical (unpaired) electrons. The summed E-state index contributed by atoms with van der Waals surface area (Å²) in [5.41, 5.74) is 2.80. The summed E-state index contributed by atoms with van der Waals surface area (Å²) in [6.07, 6.45) is -4.22. The van der Waals surface area contributed by atoms with Crippen molar-refractivity contribution in [3.63, 3.8) is 0 Å². The van der Waals surface area contributed by atoms with Gasteiger partial charge in [-0.2, -0.15) is 0 Å². The van der Waals surface area contributed by atoms with Crippen LogP contribution in [-0.2, 0) is 48.3 Å². The largest absolute Gasteiger partial charge is 0.445 e. The normalized spacial score (nSPS) is 22.4. The third-order valence-electron chi connectivity index (χ3n) is 6.39. The summed E-state index contributed by atoms with van der Waals surface area (Å²) in [5.74, 6) is -0.388. The minimum Gasteiger partial charge on any atom is -0.445 e. The molecule has 1 fully saturated rings. The Morgan fingerprint density at radius 3 is 1.62 bits per heavy atom. The number of carbonyl (C=O) groups excluding carboxylic acids is 1. The van der Waals surface area contributed by atoms with Crippen LogP contribution in [0.4, 0.5) is 0 Å². The van der Waals surface area contributed by atoms with Gasteiger partial charge in [-0.3, -0.25) is 10.2 Å². The van der Waals surface area contributed by atoms with Gasteiger partial charge in [-0.25, -0.2) is 0 Å². The van der Waals surface area contributed by atoms with Crippen molar-refractivity contribution < 1.29 is 28.5 Å². The van der Waals surface area contributed by atoms with Gasteiger partial charge in [-0.15, -0.1) is 0 Å².